The van der Waals surface area contributed by atoms with Crippen LogP contribution < -0.4 is 0 Å². The molecule has 1 nitrogen and oxygen atoms in total. The maximum absolute atomic E-state index is 13.3. The van der Waals surface area contributed by atoms with Crippen LogP contribution in [0.5, 0.6) is 0 Å². The molecule has 14 heavy (non-hydrogen) atoms. The summed E-state index contributed by atoms with van der Waals surface area (Å²) in [6, 6.07) is 7.76. The molecule has 0 bridgehead atoms. The van der Waals surface area contributed by atoms with Gasteiger partial charge in [-0.15, -0.1) is 0 Å². The highest BCUT2D eigenvalue weighted by atomic mass is 19.2. The third kappa shape index (κ3) is 1.18. The Kier molecular flexibility index (Phi) is 2.00. The van der Waals surface area contributed by atoms with E-state index in [1.807, 2.05) is 0 Å². The van der Waals surface area contributed by atoms with Gasteiger partial charge in [-0.2, -0.15) is 0 Å². The predicted molar refractivity (Wildman–Crippen MR) is 49.3 cm³/mol. The molecule has 0 saturated carbocycles. The minimum absolute atomic E-state index is 0.190. The zero-order chi connectivity index (χ0) is 10.1. The number of carbonyl (C=O) groups excluding carboxylic acids is 1. The number of aldehydes is 1. The first kappa shape index (κ1) is 8.81. The summed E-state index contributed by atoms with van der Waals surface area (Å²) in [4.78, 5) is 10.4. The second kappa shape index (κ2) is 3.18. The lowest BCUT2D eigenvalue weighted by Crippen LogP contribution is -1.93. The van der Waals surface area contributed by atoms with Gasteiger partial charge in [0.15, 0.2) is 17.9 Å². The van der Waals surface area contributed by atoms with Crippen molar-refractivity contribution in [2.45, 2.75) is 0 Å². The van der Waals surface area contributed by atoms with E-state index in [2.05, 4.69) is 0 Å². The molecular formula is C11H6F2O. The molecule has 0 aliphatic carbocycles. The number of benzene rings is 2. The quantitative estimate of drug-likeness (QED) is 0.635. The Bertz CT molecular complexity index is 506. The molecule has 0 fully saturated rings. The lowest BCUT2D eigenvalue weighted by atomic mass is 10.1. The standard InChI is InChI=1S/C11H6F2O/c12-10-8(6-14)5-7-3-1-2-4-9(7)11(10)13/h1-6H. The van der Waals surface area contributed by atoms with Gasteiger partial charge >= 0.3 is 0 Å². The smallest absolute Gasteiger partial charge is 0.169 e. The number of carbonyl (C=O) groups is 1. The summed E-state index contributed by atoms with van der Waals surface area (Å²) in [5.41, 5.74) is -0.249. The summed E-state index contributed by atoms with van der Waals surface area (Å²) in [6.45, 7) is 0. The lowest BCUT2D eigenvalue weighted by molar-refractivity contribution is 0.111. The maximum Gasteiger partial charge on any atom is 0.169 e. The van der Waals surface area contributed by atoms with Gasteiger partial charge in [-0.3, -0.25) is 4.79 Å². The second-order valence-corrected chi connectivity index (χ2v) is 2.93. The van der Waals surface area contributed by atoms with E-state index in [0.29, 0.717) is 11.7 Å². The van der Waals surface area contributed by atoms with Gasteiger partial charge in [0.25, 0.3) is 0 Å². The molecule has 70 valence electrons. The van der Waals surface area contributed by atoms with Crippen molar-refractivity contribution in [2.24, 2.45) is 0 Å². The van der Waals surface area contributed by atoms with Crippen LogP contribution in [0.3, 0.4) is 0 Å². The molecule has 3 heteroatoms. The van der Waals surface area contributed by atoms with Crippen LogP contribution in [0.1, 0.15) is 10.4 Å². The summed E-state index contributed by atoms with van der Waals surface area (Å²) in [5.74, 6) is -2.05. The van der Waals surface area contributed by atoms with Crippen molar-refractivity contribution in [2.75, 3.05) is 0 Å². The summed E-state index contributed by atoms with van der Waals surface area (Å²) >= 11 is 0. The molecule has 0 atom stereocenters. The van der Waals surface area contributed by atoms with E-state index < -0.39 is 11.6 Å². The highest BCUT2D eigenvalue weighted by molar-refractivity contribution is 5.89. The molecule has 0 aliphatic rings. The molecule has 0 unspecified atom stereocenters. The van der Waals surface area contributed by atoms with Crippen LogP contribution in [-0.2, 0) is 0 Å². The Morgan fingerprint density at radius 3 is 2.50 bits per heavy atom. The molecule has 2 rings (SSSR count). The second-order valence-electron chi connectivity index (χ2n) is 2.93. The average Bonchev–Trinajstić information content (AvgIpc) is 2.23. The predicted octanol–water partition coefficient (Wildman–Crippen LogP) is 2.93. The van der Waals surface area contributed by atoms with Gasteiger partial charge in [-0.05, 0) is 11.5 Å². The van der Waals surface area contributed by atoms with E-state index >= 15 is 0 Å². The van der Waals surface area contributed by atoms with E-state index in [1.54, 1.807) is 18.2 Å². The SMILES string of the molecule is O=Cc1cc2ccccc2c(F)c1F. The highest BCUT2D eigenvalue weighted by Gasteiger charge is 2.11. The monoisotopic (exact) mass is 192 g/mol. The van der Waals surface area contributed by atoms with E-state index in [9.17, 15) is 13.6 Å². The number of fused-ring (bicyclic) bond motifs is 1. The number of rotatable bonds is 1. The Morgan fingerprint density at radius 1 is 1.07 bits per heavy atom. The third-order valence-electron chi connectivity index (χ3n) is 2.08. The van der Waals surface area contributed by atoms with Gasteiger partial charge in [-0.1, -0.05) is 24.3 Å². The lowest BCUT2D eigenvalue weighted by Gasteiger charge is -2.02. The number of hydrogen-bond donors (Lipinski definition) is 0. The molecule has 0 heterocycles. The molecule has 0 amide bonds. The van der Waals surface area contributed by atoms with Crippen molar-refractivity contribution < 1.29 is 13.6 Å². The summed E-state index contributed by atoms with van der Waals surface area (Å²) in [5, 5.41) is 0.712. The Hall–Kier alpha value is -1.77. The van der Waals surface area contributed by atoms with E-state index in [0.717, 1.165) is 0 Å². The van der Waals surface area contributed by atoms with Crippen molar-refractivity contribution in [1.82, 2.24) is 0 Å². The molecule has 2 aromatic rings. The highest BCUT2D eigenvalue weighted by Crippen LogP contribution is 2.22. The van der Waals surface area contributed by atoms with Gasteiger partial charge < -0.3 is 0 Å². The summed E-state index contributed by atoms with van der Waals surface area (Å²) in [7, 11) is 0. The summed E-state index contributed by atoms with van der Waals surface area (Å²) in [6.07, 6.45) is 0.310. The molecule has 0 aromatic heterocycles. The Labute approximate surface area is 79.0 Å². The molecule has 0 N–H and O–H groups in total. The van der Waals surface area contributed by atoms with Crippen LogP contribution in [0.2, 0.25) is 0 Å². The topological polar surface area (TPSA) is 17.1 Å². The zero-order valence-electron chi connectivity index (χ0n) is 7.13. The minimum atomic E-state index is -1.08. The molecule has 2 aromatic carbocycles. The first-order valence-corrected chi connectivity index (χ1v) is 4.06. The van der Waals surface area contributed by atoms with Crippen LogP contribution in [0.25, 0.3) is 10.8 Å². The van der Waals surface area contributed by atoms with Crippen LogP contribution in [0.15, 0.2) is 30.3 Å². The van der Waals surface area contributed by atoms with Gasteiger partial charge in [-0.25, -0.2) is 8.78 Å². The van der Waals surface area contributed by atoms with Crippen LogP contribution >= 0.6 is 0 Å². The van der Waals surface area contributed by atoms with Crippen LogP contribution in [0.4, 0.5) is 8.78 Å². The van der Waals surface area contributed by atoms with Crippen molar-refractivity contribution in [3.8, 4) is 0 Å². The first-order valence-electron chi connectivity index (χ1n) is 4.06. The van der Waals surface area contributed by atoms with Crippen molar-refractivity contribution >= 4 is 17.1 Å². The van der Waals surface area contributed by atoms with Gasteiger partial charge in [0.1, 0.15) is 0 Å². The molecule has 0 spiro atoms. The fourth-order valence-electron chi connectivity index (χ4n) is 1.38. The van der Waals surface area contributed by atoms with E-state index in [1.165, 1.54) is 12.1 Å². The minimum Gasteiger partial charge on any atom is -0.298 e. The van der Waals surface area contributed by atoms with Crippen molar-refractivity contribution in [1.29, 1.82) is 0 Å². The fourth-order valence-corrected chi connectivity index (χ4v) is 1.38. The van der Waals surface area contributed by atoms with Gasteiger partial charge in [0, 0.05) is 5.39 Å². The Morgan fingerprint density at radius 2 is 1.79 bits per heavy atom. The Balaban J connectivity index is 2.91. The van der Waals surface area contributed by atoms with Crippen LogP contribution in [-0.4, -0.2) is 6.29 Å². The van der Waals surface area contributed by atoms with E-state index in [-0.39, 0.29) is 10.9 Å². The molecule has 0 saturated heterocycles. The van der Waals surface area contributed by atoms with E-state index in [4.69, 9.17) is 0 Å². The number of hydrogen-bond acceptors (Lipinski definition) is 1. The molecule has 0 radical (unpaired) electrons. The van der Waals surface area contributed by atoms with Gasteiger partial charge in [0.05, 0.1) is 5.56 Å². The van der Waals surface area contributed by atoms with Gasteiger partial charge in [0.2, 0.25) is 0 Å². The summed E-state index contributed by atoms with van der Waals surface area (Å²) < 4.78 is 26.4. The van der Waals surface area contributed by atoms with Crippen molar-refractivity contribution in [3.05, 3.63) is 47.5 Å². The number of halogens is 2. The molecular weight excluding hydrogens is 186 g/mol. The zero-order valence-corrected chi connectivity index (χ0v) is 7.13. The fraction of sp³-hybridized carbons (Fsp3) is 0. The third-order valence-corrected chi connectivity index (χ3v) is 2.08. The first-order chi connectivity index (χ1) is 6.74. The maximum atomic E-state index is 13.3. The largest absolute Gasteiger partial charge is 0.298 e. The average molecular weight is 192 g/mol. The molecule has 0 aliphatic heterocycles. The van der Waals surface area contributed by atoms with Crippen LogP contribution in [0, 0.1) is 11.6 Å². The van der Waals surface area contributed by atoms with Crippen molar-refractivity contribution in [3.63, 3.8) is 0 Å². The normalized spacial score (nSPS) is 10.4.